The van der Waals surface area contributed by atoms with Gasteiger partial charge in [-0.2, -0.15) is 0 Å². The molecule has 0 aliphatic rings. The van der Waals surface area contributed by atoms with Crippen LogP contribution >= 0.6 is 0 Å². The summed E-state index contributed by atoms with van der Waals surface area (Å²) in [6.45, 7) is 0.451. The maximum absolute atomic E-state index is 12.1. The Bertz CT molecular complexity index is 743. The third-order valence-electron chi connectivity index (χ3n) is 2.60. The van der Waals surface area contributed by atoms with Crippen molar-refractivity contribution in [1.82, 2.24) is 9.71 Å². The fourth-order valence-corrected chi connectivity index (χ4v) is 2.65. The third-order valence-corrected chi connectivity index (χ3v) is 4.03. The molecule has 0 bridgehead atoms. The van der Waals surface area contributed by atoms with Gasteiger partial charge in [0.05, 0.1) is 12.8 Å². The van der Waals surface area contributed by atoms with E-state index >= 15 is 0 Å². The zero-order valence-electron chi connectivity index (χ0n) is 11.2. The Balaban J connectivity index is 2.04. The molecule has 0 fully saturated rings. The molecule has 0 aromatic carbocycles. The van der Waals surface area contributed by atoms with Gasteiger partial charge in [-0.25, -0.2) is 13.1 Å². The van der Waals surface area contributed by atoms with Crippen LogP contribution in [0.5, 0.6) is 0 Å². The maximum atomic E-state index is 12.1. The van der Waals surface area contributed by atoms with E-state index in [2.05, 4.69) is 21.5 Å². The summed E-state index contributed by atoms with van der Waals surface area (Å²) in [6, 6.07) is 5.01. The van der Waals surface area contributed by atoms with Crippen molar-refractivity contribution in [1.29, 1.82) is 0 Å². The van der Waals surface area contributed by atoms with E-state index in [1.165, 1.54) is 18.5 Å². The monoisotopic (exact) mass is 305 g/mol. The van der Waals surface area contributed by atoms with Crippen LogP contribution in [0.2, 0.25) is 0 Å². The zero-order chi connectivity index (χ0) is 15.1. The summed E-state index contributed by atoms with van der Waals surface area (Å²) >= 11 is 0. The number of nitrogens with two attached hydrogens (primary N) is 1. The van der Waals surface area contributed by atoms with Crippen LogP contribution in [0.15, 0.2) is 46.2 Å². The van der Waals surface area contributed by atoms with Crippen molar-refractivity contribution < 1.29 is 12.8 Å². The summed E-state index contributed by atoms with van der Waals surface area (Å²) in [5.41, 5.74) is 5.79. The Morgan fingerprint density at radius 3 is 2.95 bits per heavy atom. The first kappa shape index (κ1) is 15.3. The quantitative estimate of drug-likeness (QED) is 0.784. The molecule has 2 aromatic rings. The first-order valence-electron chi connectivity index (χ1n) is 6.28. The standard InChI is InChI=1S/C14H15N3O3S/c15-6-1-3-12-9-14(11-16-10-12)21(18,19)17-7-5-13-4-2-8-20-13/h2,4,8-11,17H,5-7,15H2. The Morgan fingerprint density at radius 1 is 1.38 bits per heavy atom. The van der Waals surface area contributed by atoms with Crippen molar-refractivity contribution in [2.24, 2.45) is 5.73 Å². The van der Waals surface area contributed by atoms with E-state index in [0.29, 0.717) is 12.0 Å². The highest BCUT2D eigenvalue weighted by Gasteiger charge is 2.14. The molecule has 21 heavy (non-hydrogen) atoms. The largest absolute Gasteiger partial charge is 0.469 e. The van der Waals surface area contributed by atoms with E-state index in [1.807, 2.05) is 0 Å². The molecule has 0 saturated heterocycles. The van der Waals surface area contributed by atoms with Gasteiger partial charge in [-0.1, -0.05) is 11.8 Å². The van der Waals surface area contributed by atoms with Crippen molar-refractivity contribution in [3.63, 3.8) is 0 Å². The molecule has 3 N–H and O–H groups in total. The van der Waals surface area contributed by atoms with Gasteiger partial charge in [0.1, 0.15) is 10.7 Å². The van der Waals surface area contributed by atoms with E-state index in [9.17, 15) is 8.42 Å². The molecular formula is C14H15N3O3S. The van der Waals surface area contributed by atoms with Crippen molar-refractivity contribution in [3.8, 4) is 11.8 Å². The van der Waals surface area contributed by atoms with Crippen LogP contribution < -0.4 is 10.5 Å². The van der Waals surface area contributed by atoms with E-state index in [1.54, 1.807) is 18.4 Å². The van der Waals surface area contributed by atoms with E-state index < -0.39 is 10.0 Å². The lowest BCUT2D eigenvalue weighted by molar-refractivity contribution is 0.506. The van der Waals surface area contributed by atoms with Gasteiger partial charge in [-0.15, -0.1) is 0 Å². The summed E-state index contributed by atoms with van der Waals surface area (Å²) in [7, 11) is -3.61. The number of nitrogens with zero attached hydrogens (tertiary/aromatic N) is 1. The fraction of sp³-hybridized carbons (Fsp3) is 0.214. The first-order valence-corrected chi connectivity index (χ1v) is 7.76. The second-order valence-electron chi connectivity index (χ2n) is 4.14. The number of nitrogens with one attached hydrogen (secondary N) is 1. The second-order valence-corrected chi connectivity index (χ2v) is 5.91. The number of sulfonamides is 1. The average Bonchev–Trinajstić information content (AvgIpc) is 2.98. The minimum Gasteiger partial charge on any atom is -0.469 e. The van der Waals surface area contributed by atoms with E-state index in [0.717, 1.165) is 5.76 Å². The van der Waals surface area contributed by atoms with Crippen LogP contribution in [0, 0.1) is 11.8 Å². The SMILES string of the molecule is NCC#Cc1cncc(S(=O)(=O)NCCc2ccco2)c1. The van der Waals surface area contributed by atoms with E-state index in [4.69, 9.17) is 10.2 Å². The normalized spacial score (nSPS) is 10.9. The summed E-state index contributed by atoms with van der Waals surface area (Å²) in [6.07, 6.45) is 4.80. The van der Waals surface area contributed by atoms with Crippen molar-refractivity contribution >= 4 is 10.0 Å². The van der Waals surface area contributed by atoms with Gasteiger partial charge in [0.2, 0.25) is 10.0 Å². The molecule has 2 heterocycles. The number of hydrogen-bond donors (Lipinski definition) is 2. The molecule has 2 rings (SSSR count). The van der Waals surface area contributed by atoms with Crippen LogP contribution in [0.25, 0.3) is 0 Å². The van der Waals surface area contributed by atoms with Gasteiger partial charge in [0.25, 0.3) is 0 Å². The summed E-state index contributed by atoms with van der Waals surface area (Å²) in [4.78, 5) is 3.96. The summed E-state index contributed by atoms with van der Waals surface area (Å²) in [5.74, 6) is 6.13. The lowest BCUT2D eigenvalue weighted by Crippen LogP contribution is -2.26. The van der Waals surface area contributed by atoms with Crippen LogP contribution in [-0.2, 0) is 16.4 Å². The molecule has 7 heteroatoms. The number of pyridine rings is 1. The highest BCUT2D eigenvalue weighted by atomic mass is 32.2. The molecule has 0 saturated carbocycles. The lowest BCUT2D eigenvalue weighted by atomic mass is 10.3. The lowest BCUT2D eigenvalue weighted by Gasteiger charge is -2.05. The highest BCUT2D eigenvalue weighted by molar-refractivity contribution is 7.89. The van der Waals surface area contributed by atoms with E-state index in [-0.39, 0.29) is 18.0 Å². The smallest absolute Gasteiger partial charge is 0.242 e. The number of rotatable bonds is 5. The van der Waals surface area contributed by atoms with Gasteiger partial charge in [0, 0.05) is 30.9 Å². The average molecular weight is 305 g/mol. The number of furan rings is 1. The Morgan fingerprint density at radius 2 is 2.24 bits per heavy atom. The van der Waals surface area contributed by atoms with Crippen LogP contribution in [-0.4, -0.2) is 26.5 Å². The molecule has 0 unspecified atom stereocenters. The van der Waals surface area contributed by atoms with Gasteiger partial charge in [-0.05, 0) is 18.2 Å². The predicted octanol–water partition coefficient (Wildman–Crippen LogP) is 0.506. The molecule has 2 aromatic heterocycles. The third kappa shape index (κ3) is 4.43. The van der Waals surface area contributed by atoms with Crippen molar-refractivity contribution in [2.75, 3.05) is 13.1 Å². The molecule has 6 nitrogen and oxygen atoms in total. The van der Waals surface area contributed by atoms with Gasteiger partial charge >= 0.3 is 0 Å². The van der Waals surface area contributed by atoms with Gasteiger partial charge < -0.3 is 10.2 Å². The van der Waals surface area contributed by atoms with Crippen LogP contribution in [0.3, 0.4) is 0 Å². The topological polar surface area (TPSA) is 98.2 Å². The molecule has 0 radical (unpaired) electrons. The number of hydrogen-bond acceptors (Lipinski definition) is 5. The minimum absolute atomic E-state index is 0.0748. The van der Waals surface area contributed by atoms with Crippen molar-refractivity contribution in [2.45, 2.75) is 11.3 Å². The predicted molar refractivity (Wildman–Crippen MR) is 77.8 cm³/mol. The zero-order valence-corrected chi connectivity index (χ0v) is 12.1. The Labute approximate surface area is 123 Å². The molecule has 0 atom stereocenters. The molecule has 0 amide bonds. The van der Waals surface area contributed by atoms with Crippen molar-refractivity contribution in [3.05, 3.63) is 48.2 Å². The Hall–Kier alpha value is -2.14. The van der Waals surface area contributed by atoms with Crippen LogP contribution in [0.4, 0.5) is 0 Å². The fourth-order valence-electron chi connectivity index (χ4n) is 1.63. The van der Waals surface area contributed by atoms with Gasteiger partial charge in [0.15, 0.2) is 0 Å². The molecular weight excluding hydrogens is 290 g/mol. The molecule has 0 aliphatic heterocycles. The Kier molecular flexibility index (Phi) is 5.11. The first-order chi connectivity index (χ1) is 10.1. The molecule has 0 aliphatic carbocycles. The second kappa shape index (κ2) is 7.04. The maximum Gasteiger partial charge on any atom is 0.242 e. The summed E-state index contributed by atoms with van der Waals surface area (Å²) < 4.78 is 31.9. The van der Waals surface area contributed by atoms with Crippen LogP contribution in [0.1, 0.15) is 11.3 Å². The number of aromatic nitrogens is 1. The highest BCUT2D eigenvalue weighted by Crippen LogP contribution is 2.09. The molecule has 110 valence electrons. The molecule has 0 spiro atoms. The minimum atomic E-state index is -3.61. The summed E-state index contributed by atoms with van der Waals surface area (Å²) in [5, 5.41) is 0. The van der Waals surface area contributed by atoms with Gasteiger partial charge in [-0.3, -0.25) is 4.98 Å².